The second kappa shape index (κ2) is 7.66. The van der Waals surface area contributed by atoms with Crippen LogP contribution in [0.3, 0.4) is 0 Å². The number of carbonyl (C=O) groups is 2. The van der Waals surface area contributed by atoms with Gasteiger partial charge in [0, 0.05) is 31.1 Å². The molecule has 1 N–H and O–H groups in total. The van der Waals surface area contributed by atoms with Gasteiger partial charge in [-0.3, -0.25) is 9.59 Å². The largest absolute Gasteiger partial charge is 0.352 e. The van der Waals surface area contributed by atoms with Crippen molar-refractivity contribution in [3.8, 4) is 0 Å². The number of halogens is 2. The highest BCUT2D eigenvalue weighted by Crippen LogP contribution is 2.23. The molecule has 1 heterocycles. The monoisotopic (exact) mass is 360 g/mol. The van der Waals surface area contributed by atoms with Gasteiger partial charge in [-0.1, -0.05) is 41.9 Å². The first-order valence-electron chi connectivity index (χ1n) is 8.06. The van der Waals surface area contributed by atoms with Crippen molar-refractivity contribution >= 4 is 23.4 Å². The van der Waals surface area contributed by atoms with Crippen LogP contribution in [0.5, 0.6) is 0 Å². The lowest BCUT2D eigenvalue weighted by molar-refractivity contribution is -0.129. The maximum Gasteiger partial charge on any atom is 0.225 e. The highest BCUT2D eigenvalue weighted by molar-refractivity contribution is 6.31. The molecular formula is C19H18ClFN2O2. The highest BCUT2D eigenvalue weighted by Gasteiger charge is 2.34. The second-order valence-corrected chi connectivity index (χ2v) is 6.52. The molecule has 0 saturated carbocycles. The average Bonchev–Trinajstić information content (AvgIpc) is 2.97. The van der Waals surface area contributed by atoms with Crippen molar-refractivity contribution in [1.82, 2.24) is 10.2 Å². The van der Waals surface area contributed by atoms with Crippen molar-refractivity contribution in [2.24, 2.45) is 5.92 Å². The summed E-state index contributed by atoms with van der Waals surface area (Å²) in [6.07, 6.45) is 0.194. The van der Waals surface area contributed by atoms with Gasteiger partial charge in [-0.15, -0.1) is 0 Å². The molecule has 130 valence electrons. The molecule has 2 amide bonds. The fourth-order valence-electron chi connectivity index (χ4n) is 2.87. The molecule has 1 saturated heterocycles. The van der Waals surface area contributed by atoms with Gasteiger partial charge in [-0.2, -0.15) is 0 Å². The van der Waals surface area contributed by atoms with E-state index in [9.17, 15) is 14.0 Å². The van der Waals surface area contributed by atoms with Crippen LogP contribution in [0.4, 0.5) is 4.39 Å². The number of nitrogens with one attached hydrogen (secondary N) is 1. The van der Waals surface area contributed by atoms with Gasteiger partial charge in [-0.05, 0) is 29.3 Å². The minimum absolute atomic E-state index is 0.0538. The number of hydrogen-bond acceptors (Lipinski definition) is 2. The lowest BCUT2D eigenvalue weighted by Crippen LogP contribution is -2.32. The van der Waals surface area contributed by atoms with Crippen molar-refractivity contribution in [3.63, 3.8) is 0 Å². The van der Waals surface area contributed by atoms with E-state index in [0.29, 0.717) is 24.7 Å². The Hall–Kier alpha value is -2.40. The molecule has 3 rings (SSSR count). The van der Waals surface area contributed by atoms with Gasteiger partial charge in [0.05, 0.1) is 5.92 Å². The van der Waals surface area contributed by atoms with Gasteiger partial charge in [0.25, 0.3) is 0 Å². The molecule has 25 heavy (non-hydrogen) atoms. The molecule has 0 bridgehead atoms. The minimum Gasteiger partial charge on any atom is -0.352 e. The molecule has 0 unspecified atom stereocenters. The quantitative estimate of drug-likeness (QED) is 0.890. The van der Waals surface area contributed by atoms with Gasteiger partial charge in [0.15, 0.2) is 0 Å². The summed E-state index contributed by atoms with van der Waals surface area (Å²) in [5.41, 5.74) is 1.68. The standard InChI is InChI=1S/C19H18ClFN2O2/c20-17-4-2-1-3-14(17)11-23-12-15(9-18(23)24)19(25)22-10-13-5-7-16(21)8-6-13/h1-8,15H,9-12H2,(H,22,25)/t15-/m0/s1. The van der Waals surface area contributed by atoms with E-state index in [0.717, 1.165) is 11.1 Å². The number of rotatable bonds is 5. The SMILES string of the molecule is O=C(NCc1ccc(F)cc1)[C@H]1CC(=O)N(Cc2ccccc2Cl)C1. The Bertz CT molecular complexity index is 779. The first-order valence-corrected chi connectivity index (χ1v) is 8.44. The van der Waals surface area contributed by atoms with Crippen LogP contribution in [0, 0.1) is 11.7 Å². The van der Waals surface area contributed by atoms with E-state index < -0.39 is 0 Å². The van der Waals surface area contributed by atoms with E-state index in [2.05, 4.69) is 5.32 Å². The van der Waals surface area contributed by atoms with Crippen LogP contribution in [-0.4, -0.2) is 23.3 Å². The molecule has 0 aromatic heterocycles. The number of amides is 2. The molecule has 1 atom stereocenters. The van der Waals surface area contributed by atoms with Crippen molar-refractivity contribution in [2.45, 2.75) is 19.5 Å². The molecule has 0 radical (unpaired) electrons. The topological polar surface area (TPSA) is 49.4 Å². The Morgan fingerprint density at radius 1 is 1.20 bits per heavy atom. The molecule has 2 aromatic carbocycles. The highest BCUT2D eigenvalue weighted by atomic mass is 35.5. The van der Waals surface area contributed by atoms with Crippen LogP contribution >= 0.6 is 11.6 Å². The third-order valence-corrected chi connectivity index (χ3v) is 4.65. The minimum atomic E-state index is -0.379. The summed E-state index contributed by atoms with van der Waals surface area (Å²) in [6, 6.07) is 13.3. The molecule has 0 spiro atoms. The zero-order chi connectivity index (χ0) is 17.8. The predicted molar refractivity (Wildman–Crippen MR) is 93.2 cm³/mol. The Labute approximate surface area is 150 Å². The van der Waals surface area contributed by atoms with Crippen LogP contribution in [0.1, 0.15) is 17.5 Å². The van der Waals surface area contributed by atoms with Crippen LogP contribution in [0.15, 0.2) is 48.5 Å². The molecule has 2 aromatic rings. The molecule has 1 fully saturated rings. The summed E-state index contributed by atoms with van der Waals surface area (Å²) in [5.74, 6) is -0.914. The average molecular weight is 361 g/mol. The second-order valence-electron chi connectivity index (χ2n) is 6.11. The van der Waals surface area contributed by atoms with Crippen LogP contribution in [-0.2, 0) is 22.7 Å². The Morgan fingerprint density at radius 3 is 2.64 bits per heavy atom. The normalized spacial score (nSPS) is 17.0. The fraction of sp³-hybridized carbons (Fsp3) is 0.263. The van der Waals surface area contributed by atoms with E-state index in [4.69, 9.17) is 11.6 Å². The number of benzene rings is 2. The van der Waals surface area contributed by atoms with Crippen molar-refractivity contribution < 1.29 is 14.0 Å². The number of hydrogen-bond donors (Lipinski definition) is 1. The molecule has 6 heteroatoms. The van der Waals surface area contributed by atoms with Crippen molar-refractivity contribution in [1.29, 1.82) is 0 Å². The van der Waals surface area contributed by atoms with Gasteiger partial charge in [0.1, 0.15) is 5.82 Å². The molecule has 0 aliphatic carbocycles. The smallest absolute Gasteiger partial charge is 0.225 e. The van der Waals surface area contributed by atoms with E-state index >= 15 is 0 Å². The third kappa shape index (κ3) is 4.37. The van der Waals surface area contributed by atoms with Crippen LogP contribution in [0.2, 0.25) is 5.02 Å². The zero-order valence-electron chi connectivity index (χ0n) is 13.5. The summed E-state index contributed by atoms with van der Waals surface area (Å²) >= 11 is 6.13. The summed E-state index contributed by atoms with van der Waals surface area (Å²) in [4.78, 5) is 26.1. The summed E-state index contributed by atoms with van der Waals surface area (Å²) in [7, 11) is 0. The Morgan fingerprint density at radius 2 is 1.92 bits per heavy atom. The maximum absolute atomic E-state index is 12.9. The molecule has 4 nitrogen and oxygen atoms in total. The Balaban J connectivity index is 1.55. The third-order valence-electron chi connectivity index (χ3n) is 4.28. The fourth-order valence-corrected chi connectivity index (χ4v) is 3.06. The van der Waals surface area contributed by atoms with Gasteiger partial charge in [-0.25, -0.2) is 4.39 Å². The van der Waals surface area contributed by atoms with E-state index in [-0.39, 0.29) is 30.0 Å². The lowest BCUT2D eigenvalue weighted by atomic mass is 10.1. The predicted octanol–water partition coefficient (Wildman–Crippen LogP) is 3.14. The maximum atomic E-state index is 12.9. The summed E-state index contributed by atoms with van der Waals surface area (Å²) in [5, 5.41) is 3.42. The first-order chi connectivity index (χ1) is 12.0. The zero-order valence-corrected chi connectivity index (χ0v) is 14.3. The number of carbonyl (C=O) groups excluding carboxylic acids is 2. The summed E-state index contributed by atoms with van der Waals surface area (Å²) < 4.78 is 12.9. The molecular weight excluding hydrogens is 343 g/mol. The number of likely N-dealkylation sites (tertiary alicyclic amines) is 1. The lowest BCUT2D eigenvalue weighted by Gasteiger charge is -2.17. The Kier molecular flexibility index (Phi) is 5.34. The van der Waals surface area contributed by atoms with E-state index in [1.54, 1.807) is 23.1 Å². The van der Waals surface area contributed by atoms with Gasteiger partial charge in [0.2, 0.25) is 11.8 Å². The van der Waals surface area contributed by atoms with Gasteiger partial charge >= 0.3 is 0 Å². The van der Waals surface area contributed by atoms with E-state index in [1.807, 2.05) is 18.2 Å². The molecule has 1 aliphatic heterocycles. The van der Waals surface area contributed by atoms with Crippen molar-refractivity contribution in [3.05, 3.63) is 70.5 Å². The number of nitrogens with zero attached hydrogens (tertiary/aromatic N) is 1. The van der Waals surface area contributed by atoms with Crippen LogP contribution in [0.25, 0.3) is 0 Å². The first kappa shape index (κ1) is 17.4. The van der Waals surface area contributed by atoms with Gasteiger partial charge < -0.3 is 10.2 Å². The molecule has 1 aliphatic rings. The van der Waals surface area contributed by atoms with Crippen molar-refractivity contribution in [2.75, 3.05) is 6.54 Å². The summed E-state index contributed by atoms with van der Waals surface area (Å²) in [6.45, 7) is 1.09. The van der Waals surface area contributed by atoms with E-state index in [1.165, 1.54) is 12.1 Å². The van der Waals surface area contributed by atoms with Crippen LogP contribution < -0.4 is 5.32 Å².